The number of aliphatic hydroxyl groups excluding tert-OH is 2. The normalized spacial score (nSPS) is 16.2. The summed E-state index contributed by atoms with van der Waals surface area (Å²) in [6.07, 6.45) is -0.974. The maximum absolute atomic E-state index is 14.8. The molecule has 0 bridgehead atoms. The van der Waals surface area contributed by atoms with Crippen LogP contribution >= 0.6 is 0 Å². The van der Waals surface area contributed by atoms with Crippen LogP contribution < -0.4 is 4.72 Å². The first kappa shape index (κ1) is 23.6. The van der Waals surface area contributed by atoms with E-state index in [1.54, 1.807) is 19.9 Å². The summed E-state index contributed by atoms with van der Waals surface area (Å²) in [7, 11) is -4.10. The van der Waals surface area contributed by atoms with Gasteiger partial charge < -0.3 is 10.2 Å². The minimum absolute atomic E-state index is 0.105. The van der Waals surface area contributed by atoms with Gasteiger partial charge in [-0.1, -0.05) is 19.1 Å². The third kappa shape index (κ3) is 4.73. The molecule has 1 aliphatic rings. The number of halogens is 3. The van der Waals surface area contributed by atoms with Crippen LogP contribution in [0.15, 0.2) is 24.3 Å². The molecule has 2 aromatic carbocycles. The van der Waals surface area contributed by atoms with Gasteiger partial charge in [0.1, 0.15) is 5.82 Å². The van der Waals surface area contributed by atoms with E-state index in [2.05, 4.69) is 4.72 Å². The van der Waals surface area contributed by atoms with E-state index in [-0.39, 0.29) is 54.5 Å². The number of sulfonamides is 1. The first-order valence-electron chi connectivity index (χ1n) is 10.1. The Balaban J connectivity index is 2.06. The summed E-state index contributed by atoms with van der Waals surface area (Å²) in [4.78, 5) is 0. The summed E-state index contributed by atoms with van der Waals surface area (Å²) in [6, 6.07) is 5.30. The van der Waals surface area contributed by atoms with Crippen LogP contribution in [0.5, 0.6) is 0 Å². The van der Waals surface area contributed by atoms with E-state index in [1.807, 2.05) is 0 Å². The fourth-order valence-corrected chi connectivity index (χ4v) is 5.54. The van der Waals surface area contributed by atoms with Crippen molar-refractivity contribution in [3.8, 4) is 0 Å². The van der Waals surface area contributed by atoms with E-state index in [1.165, 1.54) is 12.1 Å². The molecule has 1 aliphatic carbocycles. The van der Waals surface area contributed by atoms with Gasteiger partial charge in [0.15, 0.2) is 11.6 Å². The van der Waals surface area contributed by atoms with Gasteiger partial charge in [-0.05, 0) is 61.4 Å². The Morgan fingerprint density at radius 1 is 1.13 bits per heavy atom. The van der Waals surface area contributed by atoms with Crippen molar-refractivity contribution in [3.05, 3.63) is 64.0 Å². The van der Waals surface area contributed by atoms with E-state index in [4.69, 9.17) is 5.11 Å². The molecular formula is C22H26F3NO4S. The van der Waals surface area contributed by atoms with Crippen LogP contribution in [-0.2, 0) is 22.9 Å². The molecule has 0 spiro atoms. The van der Waals surface area contributed by atoms with E-state index in [9.17, 15) is 26.7 Å². The molecule has 0 aromatic heterocycles. The number of nitrogens with one attached hydrogen (secondary N) is 1. The number of aliphatic hydroxyl groups is 2. The van der Waals surface area contributed by atoms with Crippen molar-refractivity contribution in [1.29, 1.82) is 0 Å². The van der Waals surface area contributed by atoms with Gasteiger partial charge in [0.05, 0.1) is 23.1 Å². The SMILES string of the molecule is CCc1cc(F)c(F)c(Cc2ccc(C)cc2F)c1NS(=O)(=O)C1(CC(O)CO)CC1. The lowest BCUT2D eigenvalue weighted by molar-refractivity contribution is 0.0858. The largest absolute Gasteiger partial charge is 0.394 e. The standard InChI is InChI=1S/C22H26F3NO4S/c1-3-14-10-19(24)20(25)17(9-15-5-4-13(2)8-18(15)23)21(14)26-31(29,30)22(6-7-22)11-16(28)12-27/h4-5,8,10,16,26-28H,3,6-7,9,11-12H2,1-2H3. The van der Waals surface area contributed by atoms with Crippen molar-refractivity contribution in [2.24, 2.45) is 0 Å². The fourth-order valence-electron chi connectivity index (χ4n) is 3.75. The molecule has 3 N–H and O–H groups in total. The second-order valence-electron chi connectivity index (χ2n) is 8.14. The number of benzene rings is 2. The summed E-state index contributed by atoms with van der Waals surface area (Å²) in [5, 5.41) is 18.8. The monoisotopic (exact) mass is 457 g/mol. The Morgan fingerprint density at radius 3 is 2.35 bits per heavy atom. The zero-order chi connectivity index (χ0) is 23.0. The van der Waals surface area contributed by atoms with Crippen LogP contribution in [0, 0.1) is 24.4 Å². The molecule has 1 atom stereocenters. The third-order valence-corrected chi connectivity index (χ3v) is 7.98. The molecule has 1 saturated carbocycles. The van der Waals surface area contributed by atoms with Gasteiger partial charge in [0, 0.05) is 12.0 Å². The number of hydrogen-bond acceptors (Lipinski definition) is 4. The van der Waals surface area contributed by atoms with Gasteiger partial charge in [-0.15, -0.1) is 0 Å². The Morgan fingerprint density at radius 2 is 1.81 bits per heavy atom. The van der Waals surface area contributed by atoms with Gasteiger partial charge in [-0.25, -0.2) is 21.6 Å². The lowest BCUT2D eigenvalue weighted by atomic mass is 9.97. The lowest BCUT2D eigenvalue weighted by Gasteiger charge is -2.23. The fraction of sp³-hybridized carbons (Fsp3) is 0.455. The van der Waals surface area contributed by atoms with Crippen LogP contribution in [-0.4, -0.2) is 36.1 Å². The van der Waals surface area contributed by atoms with Gasteiger partial charge in [0.25, 0.3) is 0 Å². The summed E-state index contributed by atoms with van der Waals surface area (Å²) >= 11 is 0. The molecule has 0 radical (unpaired) electrons. The Bertz CT molecular complexity index is 1080. The van der Waals surface area contributed by atoms with Gasteiger partial charge in [-0.3, -0.25) is 4.72 Å². The van der Waals surface area contributed by atoms with Gasteiger partial charge in [-0.2, -0.15) is 0 Å². The number of anilines is 1. The summed E-state index contributed by atoms with van der Waals surface area (Å²) < 4.78 is 70.8. The van der Waals surface area contributed by atoms with Crippen LogP contribution in [0.4, 0.5) is 18.9 Å². The number of hydrogen-bond donors (Lipinski definition) is 3. The molecule has 1 unspecified atom stereocenters. The average molecular weight is 458 g/mol. The highest BCUT2D eigenvalue weighted by atomic mass is 32.2. The summed E-state index contributed by atoms with van der Waals surface area (Å²) in [5.41, 5.74) is 0.625. The van der Waals surface area contributed by atoms with Crippen LogP contribution in [0.1, 0.15) is 48.4 Å². The molecule has 0 aliphatic heterocycles. The van der Waals surface area contributed by atoms with Crippen molar-refractivity contribution < 1.29 is 31.8 Å². The molecule has 1 fully saturated rings. The summed E-state index contributed by atoms with van der Waals surface area (Å²) in [6.45, 7) is 2.78. The Labute approximate surface area is 180 Å². The molecule has 5 nitrogen and oxygen atoms in total. The minimum Gasteiger partial charge on any atom is -0.394 e. The van der Waals surface area contributed by atoms with Crippen LogP contribution in [0.2, 0.25) is 0 Å². The molecule has 0 saturated heterocycles. The smallest absolute Gasteiger partial charge is 0.238 e. The number of aryl methyl sites for hydroxylation is 2. The second kappa shape index (κ2) is 8.80. The summed E-state index contributed by atoms with van der Waals surface area (Å²) in [5.74, 6) is -2.98. The maximum Gasteiger partial charge on any atom is 0.238 e. The van der Waals surface area contributed by atoms with Crippen molar-refractivity contribution in [3.63, 3.8) is 0 Å². The van der Waals surface area contributed by atoms with Gasteiger partial charge in [0.2, 0.25) is 10.0 Å². The highest BCUT2D eigenvalue weighted by Crippen LogP contribution is 2.48. The van der Waals surface area contributed by atoms with Crippen molar-refractivity contribution >= 4 is 15.7 Å². The first-order chi connectivity index (χ1) is 14.5. The molecule has 170 valence electrons. The quantitative estimate of drug-likeness (QED) is 0.537. The van der Waals surface area contributed by atoms with E-state index < -0.39 is 44.9 Å². The lowest BCUT2D eigenvalue weighted by Crippen LogP contribution is -2.35. The Kier molecular flexibility index (Phi) is 6.69. The molecule has 0 heterocycles. The average Bonchev–Trinajstić information content (AvgIpc) is 3.50. The first-order valence-corrected chi connectivity index (χ1v) is 11.6. The predicted molar refractivity (Wildman–Crippen MR) is 112 cm³/mol. The molecule has 3 rings (SSSR count). The molecule has 2 aromatic rings. The Hall–Kier alpha value is -2.10. The third-order valence-electron chi connectivity index (χ3n) is 5.79. The second-order valence-corrected chi connectivity index (χ2v) is 10.2. The predicted octanol–water partition coefficient (Wildman–Crippen LogP) is 3.58. The zero-order valence-corrected chi connectivity index (χ0v) is 18.2. The zero-order valence-electron chi connectivity index (χ0n) is 17.4. The maximum atomic E-state index is 14.8. The van der Waals surface area contributed by atoms with Gasteiger partial charge >= 0.3 is 0 Å². The van der Waals surface area contributed by atoms with Crippen molar-refractivity contribution in [1.82, 2.24) is 0 Å². The molecule has 9 heteroatoms. The topological polar surface area (TPSA) is 86.6 Å². The molecule has 31 heavy (non-hydrogen) atoms. The minimum atomic E-state index is -4.10. The van der Waals surface area contributed by atoms with Crippen LogP contribution in [0.25, 0.3) is 0 Å². The highest BCUT2D eigenvalue weighted by molar-refractivity contribution is 7.94. The van der Waals surface area contributed by atoms with E-state index >= 15 is 0 Å². The molecular weight excluding hydrogens is 431 g/mol. The van der Waals surface area contributed by atoms with E-state index in [0.29, 0.717) is 5.56 Å². The van der Waals surface area contributed by atoms with Crippen molar-refractivity contribution in [2.45, 2.75) is 56.8 Å². The van der Waals surface area contributed by atoms with E-state index in [0.717, 1.165) is 6.07 Å². The highest BCUT2D eigenvalue weighted by Gasteiger charge is 2.55. The number of rotatable bonds is 9. The molecule has 0 amide bonds. The van der Waals surface area contributed by atoms with Crippen molar-refractivity contribution in [2.75, 3.05) is 11.3 Å². The van der Waals surface area contributed by atoms with Crippen LogP contribution in [0.3, 0.4) is 0 Å².